The van der Waals surface area contributed by atoms with E-state index in [4.69, 9.17) is 0 Å². The van der Waals surface area contributed by atoms with E-state index in [0.717, 1.165) is 25.5 Å². The average Bonchev–Trinajstić information content (AvgIpc) is 2.33. The van der Waals surface area contributed by atoms with Crippen LogP contribution in [0.5, 0.6) is 0 Å². The Balaban J connectivity index is 2.34. The van der Waals surface area contributed by atoms with Gasteiger partial charge in [-0.1, -0.05) is 35.9 Å². The largest absolute Gasteiger partial charge is 0.356 e. The van der Waals surface area contributed by atoms with Gasteiger partial charge in [-0.05, 0) is 18.9 Å². The Morgan fingerprint density at radius 3 is 2.88 bits per heavy atom. The van der Waals surface area contributed by atoms with Crippen LogP contribution >= 0.6 is 0 Å². The first-order valence-corrected chi connectivity index (χ1v) is 5.87. The van der Waals surface area contributed by atoms with Crippen molar-refractivity contribution in [3.05, 3.63) is 48.0 Å². The second kappa shape index (κ2) is 7.49. The predicted octanol–water partition coefficient (Wildman–Crippen LogP) is 1.89. The monoisotopic (exact) mass is 231 g/mol. The van der Waals surface area contributed by atoms with Gasteiger partial charge in [0.15, 0.2) is 5.96 Å². The first-order chi connectivity index (χ1) is 8.26. The molecule has 1 aromatic carbocycles. The van der Waals surface area contributed by atoms with Gasteiger partial charge in [-0.2, -0.15) is 0 Å². The third kappa shape index (κ3) is 5.20. The molecule has 0 saturated carbocycles. The molecule has 0 radical (unpaired) electrons. The van der Waals surface area contributed by atoms with Gasteiger partial charge in [0.05, 0.1) is 0 Å². The normalized spacial score (nSPS) is 11.1. The van der Waals surface area contributed by atoms with Crippen LogP contribution in [0.3, 0.4) is 0 Å². The highest BCUT2D eigenvalue weighted by Crippen LogP contribution is 2.03. The van der Waals surface area contributed by atoms with Gasteiger partial charge in [-0.3, -0.25) is 4.99 Å². The zero-order valence-corrected chi connectivity index (χ0v) is 10.7. The summed E-state index contributed by atoms with van der Waals surface area (Å²) in [6, 6.07) is 8.56. The number of rotatable bonds is 5. The Hall–Kier alpha value is -1.77. The highest BCUT2D eigenvalue weighted by molar-refractivity contribution is 5.79. The van der Waals surface area contributed by atoms with Crippen LogP contribution in [0.4, 0.5) is 0 Å². The maximum Gasteiger partial charge on any atom is 0.191 e. The number of aliphatic imine (C=N–C) groups is 1. The van der Waals surface area contributed by atoms with E-state index < -0.39 is 0 Å². The summed E-state index contributed by atoms with van der Waals surface area (Å²) in [6.07, 6.45) is 2.81. The second-order valence-corrected chi connectivity index (χ2v) is 3.91. The van der Waals surface area contributed by atoms with E-state index >= 15 is 0 Å². The molecule has 0 aliphatic heterocycles. The van der Waals surface area contributed by atoms with Gasteiger partial charge in [0.1, 0.15) is 0 Å². The van der Waals surface area contributed by atoms with Crippen molar-refractivity contribution in [3.8, 4) is 0 Å². The summed E-state index contributed by atoms with van der Waals surface area (Å²) in [5.74, 6) is 0.817. The van der Waals surface area contributed by atoms with E-state index in [1.54, 1.807) is 7.05 Å². The number of aryl methyl sites for hydroxylation is 1. The number of benzene rings is 1. The molecule has 0 aliphatic carbocycles. The molecule has 3 nitrogen and oxygen atoms in total. The van der Waals surface area contributed by atoms with Crippen molar-refractivity contribution in [3.63, 3.8) is 0 Å². The molecule has 92 valence electrons. The molecule has 0 amide bonds. The summed E-state index contributed by atoms with van der Waals surface area (Å²) < 4.78 is 0. The molecule has 0 spiro atoms. The first-order valence-electron chi connectivity index (χ1n) is 5.87. The standard InChI is InChI=1S/C14H21N3/c1-4-9-16-14(15-3)17-10-8-13-7-5-6-12(2)11-13/h4-7,11H,1,8-10H2,2-3H3,(H2,15,16,17). The van der Waals surface area contributed by atoms with E-state index in [2.05, 4.69) is 53.4 Å². The lowest BCUT2D eigenvalue weighted by Gasteiger charge is -2.10. The maximum absolute atomic E-state index is 4.12. The fraction of sp³-hybridized carbons (Fsp3) is 0.357. The number of nitrogens with zero attached hydrogens (tertiary/aromatic N) is 1. The fourth-order valence-electron chi connectivity index (χ4n) is 1.58. The van der Waals surface area contributed by atoms with Gasteiger partial charge in [0, 0.05) is 20.1 Å². The van der Waals surface area contributed by atoms with E-state index in [1.165, 1.54) is 11.1 Å². The van der Waals surface area contributed by atoms with Crippen LogP contribution in [-0.2, 0) is 6.42 Å². The molecule has 0 bridgehead atoms. The quantitative estimate of drug-likeness (QED) is 0.461. The second-order valence-electron chi connectivity index (χ2n) is 3.91. The Bertz CT molecular complexity index is 383. The summed E-state index contributed by atoms with van der Waals surface area (Å²) in [5, 5.41) is 6.40. The zero-order chi connectivity index (χ0) is 12.5. The molecule has 0 unspecified atom stereocenters. The third-order valence-electron chi connectivity index (χ3n) is 2.43. The lowest BCUT2D eigenvalue weighted by Crippen LogP contribution is -2.38. The smallest absolute Gasteiger partial charge is 0.191 e. The van der Waals surface area contributed by atoms with Crippen molar-refractivity contribution in [1.29, 1.82) is 0 Å². The summed E-state index contributed by atoms with van der Waals surface area (Å²) in [6.45, 7) is 7.37. The van der Waals surface area contributed by atoms with Crippen LogP contribution in [0.15, 0.2) is 41.9 Å². The molecule has 0 atom stereocenters. The molecule has 3 heteroatoms. The van der Waals surface area contributed by atoms with Crippen molar-refractivity contribution in [2.45, 2.75) is 13.3 Å². The highest BCUT2D eigenvalue weighted by Gasteiger charge is 1.96. The van der Waals surface area contributed by atoms with Crippen LogP contribution in [0.25, 0.3) is 0 Å². The fourth-order valence-corrected chi connectivity index (χ4v) is 1.58. The lowest BCUT2D eigenvalue weighted by molar-refractivity contribution is 0.821. The molecule has 0 saturated heterocycles. The van der Waals surface area contributed by atoms with Crippen LogP contribution in [0, 0.1) is 6.92 Å². The Kier molecular flexibility index (Phi) is 5.86. The summed E-state index contributed by atoms with van der Waals surface area (Å²) in [7, 11) is 1.77. The van der Waals surface area contributed by atoms with Gasteiger partial charge < -0.3 is 10.6 Å². The predicted molar refractivity (Wildman–Crippen MR) is 74.4 cm³/mol. The summed E-state index contributed by atoms with van der Waals surface area (Å²) >= 11 is 0. The van der Waals surface area contributed by atoms with E-state index in [0.29, 0.717) is 0 Å². The minimum atomic E-state index is 0.726. The molecule has 0 heterocycles. The van der Waals surface area contributed by atoms with Crippen molar-refractivity contribution in [1.82, 2.24) is 10.6 Å². The zero-order valence-electron chi connectivity index (χ0n) is 10.7. The van der Waals surface area contributed by atoms with Crippen LogP contribution < -0.4 is 10.6 Å². The van der Waals surface area contributed by atoms with Gasteiger partial charge in [-0.15, -0.1) is 6.58 Å². The van der Waals surface area contributed by atoms with Crippen molar-refractivity contribution in [2.24, 2.45) is 4.99 Å². The van der Waals surface area contributed by atoms with Crippen molar-refractivity contribution < 1.29 is 0 Å². The van der Waals surface area contributed by atoms with Gasteiger partial charge in [-0.25, -0.2) is 0 Å². The highest BCUT2D eigenvalue weighted by atomic mass is 15.2. The van der Waals surface area contributed by atoms with Gasteiger partial charge in [0.25, 0.3) is 0 Å². The minimum Gasteiger partial charge on any atom is -0.356 e. The summed E-state index contributed by atoms with van der Waals surface area (Å²) in [4.78, 5) is 4.12. The SMILES string of the molecule is C=CCNC(=NC)NCCc1cccc(C)c1. The molecule has 1 rings (SSSR count). The average molecular weight is 231 g/mol. The molecule has 0 aliphatic rings. The van der Waals surface area contributed by atoms with Crippen molar-refractivity contribution >= 4 is 5.96 Å². The molecule has 17 heavy (non-hydrogen) atoms. The van der Waals surface area contributed by atoms with E-state index in [-0.39, 0.29) is 0 Å². The number of hydrogen-bond acceptors (Lipinski definition) is 1. The maximum atomic E-state index is 4.12. The number of guanidine groups is 1. The first kappa shape index (κ1) is 13.3. The molecular formula is C14H21N3. The number of nitrogens with one attached hydrogen (secondary N) is 2. The Morgan fingerprint density at radius 1 is 1.41 bits per heavy atom. The molecular weight excluding hydrogens is 210 g/mol. The van der Waals surface area contributed by atoms with Gasteiger partial charge >= 0.3 is 0 Å². The van der Waals surface area contributed by atoms with Crippen LogP contribution in [0.2, 0.25) is 0 Å². The van der Waals surface area contributed by atoms with E-state index in [1.807, 2.05) is 6.08 Å². The minimum absolute atomic E-state index is 0.726. The number of hydrogen-bond donors (Lipinski definition) is 2. The lowest BCUT2D eigenvalue weighted by atomic mass is 10.1. The molecule has 1 aromatic rings. The van der Waals surface area contributed by atoms with Crippen molar-refractivity contribution in [2.75, 3.05) is 20.1 Å². The molecule has 0 aromatic heterocycles. The molecule has 0 fully saturated rings. The topological polar surface area (TPSA) is 36.4 Å². The Labute approximate surface area is 104 Å². The van der Waals surface area contributed by atoms with Crippen LogP contribution in [-0.4, -0.2) is 26.1 Å². The van der Waals surface area contributed by atoms with Gasteiger partial charge in [0.2, 0.25) is 0 Å². The molecule has 2 N–H and O–H groups in total. The third-order valence-corrected chi connectivity index (χ3v) is 2.43. The Morgan fingerprint density at radius 2 is 2.24 bits per heavy atom. The van der Waals surface area contributed by atoms with Crippen LogP contribution in [0.1, 0.15) is 11.1 Å². The van der Waals surface area contributed by atoms with E-state index in [9.17, 15) is 0 Å². The summed E-state index contributed by atoms with van der Waals surface area (Å²) in [5.41, 5.74) is 2.65.